The molecule has 0 aromatic heterocycles. The summed E-state index contributed by atoms with van der Waals surface area (Å²) in [6.45, 7) is 27.2. The largest absolute Gasteiger partial charge is 0.413 e. The van der Waals surface area contributed by atoms with E-state index in [1.54, 1.807) is 12.1 Å². The average molecular weight is 585 g/mol. The van der Waals surface area contributed by atoms with Crippen molar-refractivity contribution in [1.82, 2.24) is 4.83 Å². The first-order valence-electron chi connectivity index (χ1n) is 15.0. The van der Waals surface area contributed by atoms with Crippen molar-refractivity contribution < 1.29 is 12.8 Å². The number of rotatable bonds is 6. The molecule has 0 aliphatic heterocycles. The lowest BCUT2D eigenvalue weighted by Crippen LogP contribution is -2.58. The van der Waals surface area contributed by atoms with Gasteiger partial charge >= 0.3 is 0 Å². The van der Waals surface area contributed by atoms with Crippen LogP contribution in [0.15, 0.2) is 58.1 Å². The molecule has 1 fully saturated rings. The van der Waals surface area contributed by atoms with Gasteiger partial charge in [0, 0.05) is 0 Å². The molecule has 222 valence electrons. The summed E-state index contributed by atoms with van der Waals surface area (Å²) in [5.74, 6) is 0.304. The van der Waals surface area contributed by atoms with Gasteiger partial charge in [0.05, 0.1) is 16.7 Å². The van der Waals surface area contributed by atoms with Crippen molar-refractivity contribution >= 4 is 24.1 Å². The van der Waals surface area contributed by atoms with Crippen molar-refractivity contribution in [3.8, 4) is 0 Å². The summed E-state index contributed by atoms with van der Waals surface area (Å²) in [7, 11) is -5.74. The van der Waals surface area contributed by atoms with Crippen LogP contribution in [-0.4, -0.2) is 28.6 Å². The number of aryl methyl sites for hydroxylation is 1. The topological polar surface area (TPSA) is 67.8 Å². The van der Waals surface area contributed by atoms with Crippen LogP contribution in [0.25, 0.3) is 0 Å². The van der Waals surface area contributed by atoms with Crippen molar-refractivity contribution in [1.29, 1.82) is 0 Å². The van der Waals surface area contributed by atoms with Gasteiger partial charge in [0.1, 0.15) is 0 Å². The van der Waals surface area contributed by atoms with Gasteiger partial charge in [0.15, 0.2) is 8.32 Å². The van der Waals surface area contributed by atoms with Gasteiger partial charge in [-0.25, -0.2) is 0 Å². The first-order valence-corrected chi connectivity index (χ1v) is 19.3. The van der Waals surface area contributed by atoms with E-state index in [1.165, 1.54) is 11.1 Å². The fourth-order valence-corrected chi connectivity index (χ4v) is 9.49. The highest BCUT2D eigenvalue weighted by molar-refractivity contribution is 7.89. The molecule has 4 atom stereocenters. The number of benzene rings is 1. The maximum absolute atomic E-state index is 13.2. The van der Waals surface area contributed by atoms with Crippen molar-refractivity contribution in [3.05, 3.63) is 53.6 Å². The lowest BCUT2D eigenvalue weighted by molar-refractivity contribution is -0.0753. The zero-order valence-corrected chi connectivity index (χ0v) is 28.4. The predicted molar refractivity (Wildman–Crippen MR) is 169 cm³/mol. The van der Waals surface area contributed by atoms with Gasteiger partial charge in [-0.05, 0) is 103 Å². The van der Waals surface area contributed by atoms with E-state index in [0.29, 0.717) is 5.92 Å². The maximum atomic E-state index is 13.2. The monoisotopic (exact) mass is 584 g/mol. The molecule has 3 aliphatic rings. The van der Waals surface area contributed by atoms with Crippen molar-refractivity contribution in [2.24, 2.45) is 27.3 Å². The van der Waals surface area contributed by atoms with Crippen LogP contribution in [0.1, 0.15) is 92.6 Å². The molecule has 0 radical (unpaired) electrons. The summed E-state index contributed by atoms with van der Waals surface area (Å²) in [5, 5.41) is 4.86. The lowest BCUT2D eigenvalue weighted by atomic mass is 9.47. The van der Waals surface area contributed by atoms with E-state index >= 15 is 0 Å². The van der Waals surface area contributed by atoms with Gasteiger partial charge < -0.3 is 4.43 Å². The molecule has 0 unspecified atom stereocenters. The van der Waals surface area contributed by atoms with Crippen LogP contribution in [0.4, 0.5) is 0 Å². The Balaban J connectivity index is 1.76. The Labute approximate surface area is 245 Å². The highest BCUT2D eigenvalue weighted by atomic mass is 32.2. The maximum Gasteiger partial charge on any atom is 0.276 e. The third kappa shape index (κ3) is 5.55. The Bertz CT molecular complexity index is 1320. The Hall–Kier alpha value is -1.70. The molecule has 1 aromatic carbocycles. The lowest BCUT2D eigenvalue weighted by Gasteiger charge is -2.60. The summed E-state index contributed by atoms with van der Waals surface area (Å²) in [6, 6.07) is 6.92. The smallest absolute Gasteiger partial charge is 0.276 e. The fraction of sp³-hybridized carbons (Fsp3) is 0.667. The standard InChI is InChI=1S/C33H52N2O3SSi/c1-12-32(8)19-17-26-25(22-32)27(34-35-39(36,37)24-15-13-23(2)14-16-24)21-28-31(6,7)29(18-20-33(26,28)9)38-40(10,11)30(3,4)5/h12-16,28-29,35H,1,17-22H2,2-11H3/b34-27+/t28-,29-,32+,33+/m0/s1. The van der Waals surface area contributed by atoms with Gasteiger partial charge in [0.25, 0.3) is 10.0 Å². The van der Waals surface area contributed by atoms with Crippen LogP contribution in [-0.2, 0) is 14.4 Å². The molecule has 5 nitrogen and oxygen atoms in total. The molecule has 0 saturated heterocycles. The van der Waals surface area contributed by atoms with Crippen LogP contribution < -0.4 is 4.83 Å². The molecule has 0 bridgehead atoms. The van der Waals surface area contributed by atoms with Crippen molar-refractivity contribution in [2.75, 3.05) is 0 Å². The molecule has 0 heterocycles. The molecule has 1 N–H and O–H groups in total. The van der Waals surface area contributed by atoms with E-state index in [9.17, 15) is 8.42 Å². The minimum Gasteiger partial charge on any atom is -0.413 e. The third-order valence-corrected chi connectivity index (χ3v) is 16.8. The fourth-order valence-electron chi connectivity index (χ4n) is 7.17. The summed E-state index contributed by atoms with van der Waals surface area (Å²) in [4.78, 5) is 2.86. The zero-order chi connectivity index (χ0) is 29.9. The highest BCUT2D eigenvalue weighted by Crippen LogP contribution is 2.63. The molecule has 4 rings (SSSR count). The van der Waals surface area contributed by atoms with Gasteiger partial charge in [-0.2, -0.15) is 18.4 Å². The second-order valence-electron chi connectivity index (χ2n) is 15.4. The summed E-state index contributed by atoms with van der Waals surface area (Å²) in [5.41, 5.74) is 4.58. The number of nitrogens with zero attached hydrogens (tertiary/aromatic N) is 1. The quantitative estimate of drug-likeness (QED) is 0.207. The SMILES string of the molecule is C=C[C@]1(C)CCC2=C(C1)/C(=N/NS(=O)(=O)c1ccc(C)cc1)C[C@H]1C(C)(C)[C@@H](O[Si](C)(C)C(C)(C)C)CC[C@]21C. The van der Waals surface area contributed by atoms with Gasteiger partial charge in [-0.1, -0.05) is 77.8 Å². The number of sulfonamides is 1. The number of allylic oxidation sites excluding steroid dienone is 3. The molecule has 40 heavy (non-hydrogen) atoms. The Morgan fingerprint density at radius 1 is 1.10 bits per heavy atom. The number of hydrogen-bond acceptors (Lipinski definition) is 4. The van der Waals surface area contributed by atoms with Crippen LogP contribution in [0.2, 0.25) is 18.1 Å². The van der Waals surface area contributed by atoms with Crippen LogP contribution in [0.5, 0.6) is 0 Å². The first kappa shape index (κ1) is 31.2. The zero-order valence-electron chi connectivity index (χ0n) is 26.6. The third-order valence-electron chi connectivity index (χ3n) is 11.1. The molecular formula is C33H52N2O3SSi. The summed E-state index contributed by atoms with van der Waals surface area (Å²) < 4.78 is 33.6. The molecule has 7 heteroatoms. The number of nitrogens with one attached hydrogen (secondary N) is 1. The minimum absolute atomic E-state index is 0.0171. The number of hydrazone groups is 1. The normalized spacial score (nSPS) is 31.9. The molecule has 1 aromatic rings. The molecule has 0 spiro atoms. The predicted octanol–water partition coefficient (Wildman–Crippen LogP) is 8.54. The van der Waals surface area contributed by atoms with Gasteiger partial charge in [0.2, 0.25) is 0 Å². The van der Waals surface area contributed by atoms with E-state index in [4.69, 9.17) is 9.53 Å². The minimum atomic E-state index is -3.77. The first-order chi connectivity index (χ1) is 18.3. The van der Waals surface area contributed by atoms with Crippen LogP contribution in [0.3, 0.4) is 0 Å². The molecular weight excluding hydrogens is 533 g/mol. The number of hydrogen-bond donors (Lipinski definition) is 1. The summed E-state index contributed by atoms with van der Waals surface area (Å²) >= 11 is 0. The van der Waals surface area contributed by atoms with Crippen molar-refractivity contribution in [3.63, 3.8) is 0 Å². The van der Waals surface area contributed by atoms with E-state index < -0.39 is 18.3 Å². The van der Waals surface area contributed by atoms with E-state index in [-0.39, 0.29) is 32.3 Å². The van der Waals surface area contributed by atoms with Gasteiger partial charge in [-0.15, -0.1) is 6.58 Å². The van der Waals surface area contributed by atoms with Crippen LogP contribution in [0, 0.1) is 29.1 Å². The summed E-state index contributed by atoms with van der Waals surface area (Å²) in [6.07, 6.45) is 8.03. The number of fused-ring (bicyclic) bond motifs is 2. The van der Waals surface area contributed by atoms with E-state index in [2.05, 4.69) is 79.0 Å². The Morgan fingerprint density at radius 3 is 2.30 bits per heavy atom. The van der Waals surface area contributed by atoms with Gasteiger partial charge in [-0.3, -0.25) is 0 Å². The van der Waals surface area contributed by atoms with Crippen LogP contribution >= 0.6 is 0 Å². The molecule has 1 saturated carbocycles. The molecule has 3 aliphatic carbocycles. The Kier molecular flexibility index (Phi) is 7.99. The average Bonchev–Trinajstić information content (AvgIpc) is 2.84. The molecule has 0 amide bonds. The second-order valence-corrected chi connectivity index (χ2v) is 21.8. The second kappa shape index (κ2) is 10.2. The van der Waals surface area contributed by atoms with E-state index in [1.807, 2.05) is 19.1 Å². The van der Waals surface area contributed by atoms with E-state index in [0.717, 1.165) is 49.8 Å². The van der Waals surface area contributed by atoms with Crippen molar-refractivity contribution in [2.45, 2.75) is 123 Å². The Morgan fingerprint density at radius 2 is 1.73 bits per heavy atom. The highest BCUT2D eigenvalue weighted by Gasteiger charge is 2.58.